The maximum Gasteiger partial charge on any atom is 0.410 e. The molecule has 208 valence electrons. The molecule has 7 heteroatoms. The normalized spacial score (nSPS) is 20.4. The monoisotopic (exact) mass is 539 g/mol. The molecular weight excluding hydrogens is 502 g/mol. The maximum absolute atomic E-state index is 13.9. The lowest BCUT2D eigenvalue weighted by Gasteiger charge is -2.36. The van der Waals surface area contributed by atoms with Gasteiger partial charge in [0.2, 0.25) is 5.91 Å². The summed E-state index contributed by atoms with van der Waals surface area (Å²) in [6, 6.07) is 28.8. The first-order valence-electron chi connectivity index (χ1n) is 14.1. The number of ether oxygens (including phenoxy) is 1. The van der Waals surface area contributed by atoms with Gasteiger partial charge in [-0.3, -0.25) is 9.69 Å². The number of piperidine rings is 1. The van der Waals surface area contributed by atoms with Crippen LogP contribution in [-0.4, -0.2) is 58.9 Å². The molecule has 40 heavy (non-hydrogen) atoms. The number of carbonyl (C=O) groups excluding carboxylic acids is 3. The van der Waals surface area contributed by atoms with Crippen molar-refractivity contribution in [1.29, 1.82) is 0 Å². The molecule has 0 saturated carbocycles. The van der Waals surface area contributed by atoms with Crippen molar-refractivity contribution >= 4 is 18.0 Å². The number of imide groups is 1. The molecule has 2 heterocycles. The molecule has 5 rings (SSSR count). The first kappa shape index (κ1) is 27.4. The molecule has 0 bridgehead atoms. The van der Waals surface area contributed by atoms with Crippen LogP contribution in [0.4, 0.5) is 9.59 Å². The van der Waals surface area contributed by atoms with Crippen LogP contribution in [-0.2, 0) is 16.1 Å². The van der Waals surface area contributed by atoms with Crippen molar-refractivity contribution in [2.75, 3.05) is 20.1 Å². The predicted octanol–water partition coefficient (Wildman–Crippen LogP) is 6.23. The Bertz CT molecular complexity index is 1290. The number of rotatable bonds is 7. The van der Waals surface area contributed by atoms with Gasteiger partial charge in [-0.05, 0) is 48.3 Å². The van der Waals surface area contributed by atoms with Crippen molar-refractivity contribution in [2.24, 2.45) is 5.92 Å². The first-order valence-corrected chi connectivity index (χ1v) is 14.1. The highest BCUT2D eigenvalue weighted by molar-refractivity contribution is 5.97. The molecule has 4 amide bonds. The van der Waals surface area contributed by atoms with E-state index in [0.29, 0.717) is 13.1 Å². The number of amides is 4. The van der Waals surface area contributed by atoms with Crippen LogP contribution < -0.4 is 0 Å². The summed E-state index contributed by atoms with van der Waals surface area (Å²) in [5, 5.41) is 0. The largest absolute Gasteiger partial charge is 0.445 e. The van der Waals surface area contributed by atoms with E-state index in [2.05, 4.69) is 12.1 Å². The molecule has 3 atom stereocenters. The zero-order valence-corrected chi connectivity index (χ0v) is 23.2. The molecule has 2 fully saturated rings. The van der Waals surface area contributed by atoms with Gasteiger partial charge in [0, 0.05) is 26.6 Å². The molecule has 3 aromatic rings. The summed E-state index contributed by atoms with van der Waals surface area (Å²) in [5.74, 6) is -0.0113. The van der Waals surface area contributed by atoms with E-state index < -0.39 is 0 Å². The zero-order chi connectivity index (χ0) is 28.1. The third-order valence-electron chi connectivity index (χ3n) is 8.46. The van der Waals surface area contributed by atoms with E-state index in [0.717, 1.165) is 29.5 Å². The van der Waals surface area contributed by atoms with E-state index >= 15 is 0 Å². The van der Waals surface area contributed by atoms with Crippen LogP contribution in [0.25, 0.3) is 0 Å². The number of urea groups is 1. The second-order valence-corrected chi connectivity index (χ2v) is 10.8. The zero-order valence-electron chi connectivity index (χ0n) is 23.2. The average Bonchev–Trinajstić information content (AvgIpc) is 3.24. The average molecular weight is 540 g/mol. The molecule has 2 aliphatic rings. The van der Waals surface area contributed by atoms with E-state index in [-0.39, 0.29) is 55.0 Å². The standard InChI is InChI=1S/C33H37N3O4/c1-24-31(28-16-10-5-11-17-28)36(32(38)34(24)2)30(37)22-29(26-14-8-4-9-15-26)27-18-20-35(21-19-27)33(39)40-23-25-12-6-3-7-13-25/h3-17,24,27,29,31H,18-23H2,1-2H3/t24-,29?,31+/m1/s1. The van der Waals surface area contributed by atoms with Crippen LogP contribution in [0.15, 0.2) is 91.0 Å². The SMILES string of the molecule is C[C@@H]1[C@@H](c2ccccc2)N(C(=O)CC(c2ccccc2)C2CCN(C(=O)OCc3ccccc3)CC2)C(=O)N1C. The Hall–Kier alpha value is -4.13. The number of nitrogens with zero attached hydrogens (tertiary/aromatic N) is 3. The van der Waals surface area contributed by atoms with Gasteiger partial charge >= 0.3 is 12.1 Å². The number of likely N-dealkylation sites (tertiary alicyclic amines) is 1. The van der Waals surface area contributed by atoms with Crippen molar-refractivity contribution in [3.05, 3.63) is 108 Å². The van der Waals surface area contributed by atoms with E-state index in [1.807, 2.05) is 85.8 Å². The molecule has 0 aromatic heterocycles. The van der Waals surface area contributed by atoms with Crippen LogP contribution in [0.2, 0.25) is 0 Å². The van der Waals surface area contributed by atoms with Gasteiger partial charge in [-0.2, -0.15) is 0 Å². The second kappa shape index (κ2) is 12.4. The molecule has 0 N–H and O–H groups in total. The number of hydrogen-bond acceptors (Lipinski definition) is 4. The fourth-order valence-electron chi connectivity index (χ4n) is 6.07. The molecule has 1 unspecified atom stereocenters. The topological polar surface area (TPSA) is 70.2 Å². The summed E-state index contributed by atoms with van der Waals surface area (Å²) in [6.45, 7) is 3.39. The fourth-order valence-corrected chi connectivity index (χ4v) is 6.07. The third kappa shape index (κ3) is 5.88. The summed E-state index contributed by atoms with van der Waals surface area (Å²) in [5.41, 5.74) is 3.00. The van der Waals surface area contributed by atoms with Crippen molar-refractivity contribution in [3.8, 4) is 0 Å². The van der Waals surface area contributed by atoms with Crippen LogP contribution in [0.5, 0.6) is 0 Å². The van der Waals surface area contributed by atoms with E-state index in [9.17, 15) is 14.4 Å². The summed E-state index contributed by atoms with van der Waals surface area (Å²) in [7, 11) is 1.76. The molecule has 2 saturated heterocycles. The Morgan fingerprint density at radius 3 is 2.08 bits per heavy atom. The van der Waals surface area contributed by atoms with Gasteiger partial charge in [-0.1, -0.05) is 91.0 Å². The number of benzene rings is 3. The molecular formula is C33H37N3O4. The third-order valence-corrected chi connectivity index (χ3v) is 8.46. The maximum atomic E-state index is 13.9. The van der Waals surface area contributed by atoms with Gasteiger partial charge in [0.25, 0.3) is 0 Å². The molecule has 0 aliphatic carbocycles. The Morgan fingerprint density at radius 2 is 1.45 bits per heavy atom. The summed E-state index contributed by atoms with van der Waals surface area (Å²) in [4.78, 5) is 44.9. The van der Waals surface area contributed by atoms with Crippen LogP contribution >= 0.6 is 0 Å². The van der Waals surface area contributed by atoms with Crippen molar-refractivity contribution in [2.45, 2.75) is 50.8 Å². The summed E-state index contributed by atoms with van der Waals surface area (Å²) in [6.07, 6.45) is 1.46. The van der Waals surface area contributed by atoms with Gasteiger partial charge in [0.1, 0.15) is 6.61 Å². The summed E-state index contributed by atoms with van der Waals surface area (Å²) >= 11 is 0. The quantitative estimate of drug-likeness (QED) is 0.357. The fraction of sp³-hybridized carbons (Fsp3) is 0.364. The highest BCUT2D eigenvalue weighted by Crippen LogP contribution is 2.39. The van der Waals surface area contributed by atoms with Gasteiger partial charge in [-0.25, -0.2) is 9.59 Å². The van der Waals surface area contributed by atoms with Gasteiger partial charge in [0.15, 0.2) is 0 Å². The van der Waals surface area contributed by atoms with E-state index in [4.69, 9.17) is 4.74 Å². The minimum absolute atomic E-state index is 0.0541. The Morgan fingerprint density at radius 1 is 0.875 bits per heavy atom. The highest BCUT2D eigenvalue weighted by atomic mass is 16.6. The lowest BCUT2D eigenvalue weighted by molar-refractivity contribution is -0.130. The molecule has 7 nitrogen and oxygen atoms in total. The lowest BCUT2D eigenvalue weighted by Crippen LogP contribution is -2.41. The number of carbonyl (C=O) groups is 3. The number of likely N-dealkylation sites (N-methyl/N-ethyl adjacent to an activating group) is 1. The highest BCUT2D eigenvalue weighted by Gasteiger charge is 2.46. The predicted molar refractivity (Wildman–Crippen MR) is 153 cm³/mol. The molecule has 0 spiro atoms. The van der Waals surface area contributed by atoms with E-state index in [1.54, 1.807) is 16.8 Å². The minimum atomic E-state index is -0.330. The lowest BCUT2D eigenvalue weighted by atomic mass is 9.78. The smallest absolute Gasteiger partial charge is 0.410 e. The summed E-state index contributed by atoms with van der Waals surface area (Å²) < 4.78 is 5.55. The van der Waals surface area contributed by atoms with Crippen molar-refractivity contribution in [1.82, 2.24) is 14.7 Å². The number of hydrogen-bond donors (Lipinski definition) is 0. The Labute approximate surface area is 236 Å². The van der Waals surface area contributed by atoms with Crippen LogP contribution in [0.3, 0.4) is 0 Å². The Kier molecular flexibility index (Phi) is 8.48. The minimum Gasteiger partial charge on any atom is -0.445 e. The molecule has 3 aromatic carbocycles. The van der Waals surface area contributed by atoms with Gasteiger partial charge < -0.3 is 14.5 Å². The van der Waals surface area contributed by atoms with Crippen molar-refractivity contribution < 1.29 is 19.1 Å². The van der Waals surface area contributed by atoms with Gasteiger partial charge in [-0.15, -0.1) is 0 Å². The molecule has 2 aliphatic heterocycles. The van der Waals surface area contributed by atoms with Crippen molar-refractivity contribution in [3.63, 3.8) is 0 Å². The van der Waals surface area contributed by atoms with E-state index in [1.165, 1.54) is 4.90 Å². The first-order chi connectivity index (χ1) is 19.4. The van der Waals surface area contributed by atoms with Gasteiger partial charge in [0.05, 0.1) is 12.1 Å². The Balaban J connectivity index is 1.29. The second-order valence-electron chi connectivity index (χ2n) is 10.8. The molecule has 0 radical (unpaired) electrons. The van der Waals surface area contributed by atoms with Crippen LogP contribution in [0, 0.1) is 5.92 Å². The van der Waals surface area contributed by atoms with Crippen LogP contribution in [0.1, 0.15) is 54.8 Å².